The van der Waals surface area contributed by atoms with Crippen LogP contribution in [-0.4, -0.2) is 23.7 Å². The molecule has 0 radical (unpaired) electrons. The molecule has 4 heteroatoms. The van der Waals surface area contributed by atoms with Crippen molar-refractivity contribution in [1.82, 2.24) is 10.6 Å². The van der Waals surface area contributed by atoms with E-state index in [1.54, 1.807) is 0 Å². The Morgan fingerprint density at radius 2 is 1.41 bits per heavy atom. The number of ketones is 2. The fraction of sp³-hybridized carbons (Fsp3) is 0.533. The van der Waals surface area contributed by atoms with E-state index in [0.29, 0.717) is 18.6 Å². The largest absolute Gasteiger partial charge is 0.299 e. The molecule has 0 heterocycles. The summed E-state index contributed by atoms with van der Waals surface area (Å²) in [4.78, 5) is 27.0. The number of carbonyl (C=O) groups excluding carboxylic acids is 2. The maximum atomic E-state index is 13.8. The highest BCUT2D eigenvalue weighted by Gasteiger charge is 2.45. The minimum absolute atomic E-state index is 0.174. The zero-order chi connectivity index (χ0) is 24.3. The molecular weight excluding hydrogens is 420 g/mol. The van der Waals surface area contributed by atoms with Crippen LogP contribution in [-0.2, 0) is 20.7 Å². The summed E-state index contributed by atoms with van der Waals surface area (Å²) < 4.78 is 0. The summed E-state index contributed by atoms with van der Waals surface area (Å²) in [6.45, 7) is 8.43. The predicted molar refractivity (Wildman–Crippen MR) is 138 cm³/mol. The molecule has 2 saturated carbocycles. The fourth-order valence-electron chi connectivity index (χ4n) is 6.19. The molecule has 0 bridgehead atoms. The zero-order valence-electron chi connectivity index (χ0n) is 21.2. The summed E-state index contributed by atoms with van der Waals surface area (Å²) in [6.07, 6.45) is 5.72. The summed E-state index contributed by atoms with van der Waals surface area (Å²) >= 11 is 0. The summed E-state index contributed by atoms with van der Waals surface area (Å²) in [6, 6.07) is 19.1. The van der Waals surface area contributed by atoms with E-state index in [1.165, 1.54) is 5.56 Å². The standard InChI is InChI=1S/C30H40N2O2/c1-21(2)31-29(17-9-8-15-27(29)33)26-14-10-11-23(19-26)24-16-18-30(28(34)20-24,32-22(3)4)25-12-6-5-7-13-25/h5-7,10-14,19,21-22,24,31-32H,8-9,15-18,20H2,1-4H3/t24?,29-,30+/m1/s1. The van der Waals surface area contributed by atoms with Gasteiger partial charge in [-0.15, -0.1) is 0 Å². The molecule has 2 N–H and O–H groups in total. The average Bonchev–Trinajstić information content (AvgIpc) is 2.82. The van der Waals surface area contributed by atoms with Gasteiger partial charge in [-0.2, -0.15) is 0 Å². The highest BCUT2D eigenvalue weighted by Crippen LogP contribution is 2.43. The smallest absolute Gasteiger partial charge is 0.158 e. The molecule has 2 aromatic carbocycles. The van der Waals surface area contributed by atoms with Crippen LogP contribution in [0, 0.1) is 0 Å². The molecule has 0 aliphatic heterocycles. The molecule has 3 atom stereocenters. The van der Waals surface area contributed by atoms with Crippen LogP contribution in [0.25, 0.3) is 0 Å². The van der Waals surface area contributed by atoms with E-state index in [4.69, 9.17) is 0 Å². The molecule has 2 aliphatic carbocycles. The Morgan fingerprint density at radius 3 is 2.03 bits per heavy atom. The quantitative estimate of drug-likeness (QED) is 0.552. The van der Waals surface area contributed by atoms with Gasteiger partial charge in [0.15, 0.2) is 11.6 Å². The van der Waals surface area contributed by atoms with Crippen molar-refractivity contribution < 1.29 is 9.59 Å². The van der Waals surface area contributed by atoms with Gasteiger partial charge in [-0.1, -0.05) is 61.0 Å². The van der Waals surface area contributed by atoms with Gasteiger partial charge < -0.3 is 0 Å². The van der Waals surface area contributed by atoms with E-state index in [-0.39, 0.29) is 23.8 Å². The normalized spacial score (nSPS) is 28.0. The highest BCUT2D eigenvalue weighted by molar-refractivity contribution is 5.92. The number of Topliss-reactive ketones (excluding diaryl/α,β-unsaturated/α-hetero) is 2. The molecule has 34 heavy (non-hydrogen) atoms. The average molecular weight is 461 g/mol. The Hall–Kier alpha value is -2.30. The molecule has 4 rings (SSSR count). The third kappa shape index (κ3) is 4.76. The van der Waals surface area contributed by atoms with Crippen LogP contribution in [0.5, 0.6) is 0 Å². The van der Waals surface area contributed by atoms with Crippen LogP contribution >= 0.6 is 0 Å². The summed E-state index contributed by atoms with van der Waals surface area (Å²) in [7, 11) is 0. The second-order valence-corrected chi connectivity index (χ2v) is 10.9. The number of benzene rings is 2. The molecule has 0 aromatic heterocycles. The van der Waals surface area contributed by atoms with Crippen molar-refractivity contribution in [2.24, 2.45) is 0 Å². The number of nitrogens with one attached hydrogen (secondary N) is 2. The van der Waals surface area contributed by atoms with Gasteiger partial charge in [-0.3, -0.25) is 20.2 Å². The van der Waals surface area contributed by atoms with E-state index in [2.05, 4.69) is 74.7 Å². The van der Waals surface area contributed by atoms with Gasteiger partial charge in [0.25, 0.3) is 0 Å². The van der Waals surface area contributed by atoms with E-state index in [9.17, 15) is 9.59 Å². The Bertz CT molecular complexity index is 1020. The van der Waals surface area contributed by atoms with E-state index >= 15 is 0 Å². The number of rotatable bonds is 7. The fourth-order valence-corrected chi connectivity index (χ4v) is 6.19. The Balaban J connectivity index is 1.63. The first-order valence-corrected chi connectivity index (χ1v) is 13.0. The van der Waals surface area contributed by atoms with Crippen LogP contribution in [0.1, 0.15) is 95.2 Å². The van der Waals surface area contributed by atoms with Crippen molar-refractivity contribution in [3.05, 3.63) is 71.3 Å². The van der Waals surface area contributed by atoms with Crippen molar-refractivity contribution in [2.45, 2.75) is 102 Å². The molecule has 0 amide bonds. The monoisotopic (exact) mass is 460 g/mol. The third-order valence-electron chi connectivity index (χ3n) is 7.64. The van der Waals surface area contributed by atoms with Gasteiger partial charge in [0.05, 0.1) is 0 Å². The van der Waals surface area contributed by atoms with E-state index in [1.807, 2.05) is 18.2 Å². The molecular formula is C30H40N2O2. The first-order valence-electron chi connectivity index (χ1n) is 13.0. The van der Waals surface area contributed by atoms with Gasteiger partial charge in [0.2, 0.25) is 0 Å². The van der Waals surface area contributed by atoms with Crippen molar-refractivity contribution in [3.8, 4) is 0 Å². The lowest BCUT2D eigenvalue weighted by Crippen LogP contribution is -2.54. The highest BCUT2D eigenvalue weighted by atomic mass is 16.1. The lowest BCUT2D eigenvalue weighted by Gasteiger charge is -2.42. The van der Waals surface area contributed by atoms with E-state index in [0.717, 1.165) is 43.2 Å². The lowest BCUT2D eigenvalue weighted by atomic mass is 9.69. The van der Waals surface area contributed by atoms with Crippen molar-refractivity contribution in [2.75, 3.05) is 0 Å². The molecule has 2 fully saturated rings. The predicted octanol–water partition coefficient (Wildman–Crippen LogP) is 5.75. The summed E-state index contributed by atoms with van der Waals surface area (Å²) in [5.41, 5.74) is 2.09. The first-order chi connectivity index (χ1) is 16.3. The van der Waals surface area contributed by atoms with Gasteiger partial charge in [0, 0.05) is 24.9 Å². The maximum Gasteiger partial charge on any atom is 0.158 e. The molecule has 0 saturated heterocycles. The zero-order valence-corrected chi connectivity index (χ0v) is 21.2. The van der Waals surface area contributed by atoms with Crippen molar-refractivity contribution in [1.29, 1.82) is 0 Å². The first kappa shape index (κ1) is 24.8. The minimum atomic E-state index is -0.622. The third-order valence-corrected chi connectivity index (χ3v) is 7.64. The molecule has 4 nitrogen and oxygen atoms in total. The summed E-state index contributed by atoms with van der Waals surface area (Å²) in [5.74, 6) is 0.736. The lowest BCUT2D eigenvalue weighted by molar-refractivity contribution is -0.129. The van der Waals surface area contributed by atoms with Gasteiger partial charge in [0.1, 0.15) is 11.1 Å². The number of carbonyl (C=O) groups is 2. The molecule has 182 valence electrons. The topological polar surface area (TPSA) is 58.2 Å². The van der Waals surface area contributed by atoms with Gasteiger partial charge >= 0.3 is 0 Å². The van der Waals surface area contributed by atoms with Crippen molar-refractivity contribution >= 4 is 11.6 Å². The molecule has 2 aliphatic rings. The number of hydrogen-bond acceptors (Lipinski definition) is 4. The van der Waals surface area contributed by atoms with Crippen LogP contribution < -0.4 is 10.6 Å². The van der Waals surface area contributed by atoms with Crippen molar-refractivity contribution in [3.63, 3.8) is 0 Å². The van der Waals surface area contributed by atoms with Crippen LogP contribution in [0.15, 0.2) is 54.6 Å². The van der Waals surface area contributed by atoms with E-state index < -0.39 is 11.1 Å². The minimum Gasteiger partial charge on any atom is -0.299 e. The molecule has 1 unspecified atom stereocenters. The Morgan fingerprint density at radius 1 is 0.765 bits per heavy atom. The van der Waals surface area contributed by atoms with Crippen LogP contribution in [0.2, 0.25) is 0 Å². The Kier molecular flexibility index (Phi) is 7.39. The maximum absolute atomic E-state index is 13.8. The summed E-state index contributed by atoms with van der Waals surface area (Å²) in [5, 5.41) is 7.26. The Labute approximate surface area is 204 Å². The molecule has 0 spiro atoms. The number of hydrogen-bond donors (Lipinski definition) is 2. The van der Waals surface area contributed by atoms with Gasteiger partial charge in [-0.05, 0) is 76.0 Å². The van der Waals surface area contributed by atoms with Gasteiger partial charge in [-0.25, -0.2) is 0 Å². The SMILES string of the molecule is CC(C)N[C@@]1(c2cccc(C3CC[C@](NC(C)C)(c4ccccc4)C(=O)C3)c2)CCCCC1=O. The van der Waals surface area contributed by atoms with Crippen LogP contribution in [0.4, 0.5) is 0 Å². The second-order valence-electron chi connectivity index (χ2n) is 10.9. The van der Waals surface area contributed by atoms with Crippen LogP contribution in [0.3, 0.4) is 0 Å². The second kappa shape index (κ2) is 10.1. The molecule has 2 aromatic rings.